The molecule has 0 aromatic heterocycles. The van der Waals surface area contributed by atoms with Crippen molar-refractivity contribution in [3.63, 3.8) is 0 Å². The van der Waals surface area contributed by atoms with Crippen molar-refractivity contribution >= 4 is 5.91 Å². The molecule has 0 fully saturated rings. The van der Waals surface area contributed by atoms with Crippen LogP contribution in [0.3, 0.4) is 0 Å². The summed E-state index contributed by atoms with van der Waals surface area (Å²) in [5.74, 6) is -0.237. The maximum absolute atomic E-state index is 11.8. The number of nitrogens with one attached hydrogen (secondary N) is 2. The number of hydrogen-bond donors (Lipinski definition) is 3. The Kier molecular flexibility index (Phi) is 4.04. The summed E-state index contributed by atoms with van der Waals surface area (Å²) in [6.45, 7) is 5.71. The molecule has 0 aliphatic heterocycles. The molecule has 1 amide bonds. The van der Waals surface area contributed by atoms with E-state index in [1.54, 1.807) is 24.3 Å². The highest BCUT2D eigenvalue weighted by Crippen LogP contribution is 2.08. The quantitative estimate of drug-likeness (QED) is 0.674. The van der Waals surface area contributed by atoms with Crippen molar-refractivity contribution in [3.8, 4) is 0 Å². The molecular formula is C12H18N2O2. The van der Waals surface area contributed by atoms with Gasteiger partial charge in [-0.05, 0) is 32.4 Å². The molecule has 88 valence electrons. The molecule has 0 spiro atoms. The Labute approximate surface area is 95.6 Å². The fourth-order valence-electron chi connectivity index (χ4n) is 1.19. The number of hydrazine groups is 1. The lowest BCUT2D eigenvalue weighted by Gasteiger charge is -2.21. The molecule has 0 heterocycles. The predicted molar refractivity (Wildman–Crippen MR) is 62.7 cm³/mol. The average molecular weight is 222 g/mol. The van der Waals surface area contributed by atoms with E-state index in [9.17, 15) is 4.79 Å². The molecule has 4 nitrogen and oxygen atoms in total. The molecule has 16 heavy (non-hydrogen) atoms. The molecule has 0 radical (unpaired) electrons. The largest absolute Gasteiger partial charge is 0.392 e. The van der Waals surface area contributed by atoms with E-state index in [0.717, 1.165) is 0 Å². The van der Waals surface area contributed by atoms with Crippen LogP contribution in [0.2, 0.25) is 0 Å². The van der Waals surface area contributed by atoms with Crippen molar-refractivity contribution in [2.75, 3.05) is 0 Å². The van der Waals surface area contributed by atoms with Gasteiger partial charge in [-0.1, -0.05) is 18.2 Å². The summed E-state index contributed by atoms with van der Waals surface area (Å²) in [5.41, 5.74) is 6.42. The van der Waals surface area contributed by atoms with Crippen molar-refractivity contribution in [1.82, 2.24) is 10.9 Å². The van der Waals surface area contributed by atoms with E-state index < -0.39 is 0 Å². The summed E-state index contributed by atoms with van der Waals surface area (Å²) in [5, 5.41) is 9.09. The van der Waals surface area contributed by atoms with Crippen LogP contribution in [0.5, 0.6) is 0 Å². The van der Waals surface area contributed by atoms with Crippen molar-refractivity contribution < 1.29 is 9.90 Å². The highest BCUT2D eigenvalue weighted by Gasteiger charge is 2.13. The van der Waals surface area contributed by atoms with Crippen LogP contribution >= 0.6 is 0 Å². The smallest absolute Gasteiger partial charge is 0.265 e. The van der Waals surface area contributed by atoms with E-state index in [1.165, 1.54) is 0 Å². The third-order valence-electron chi connectivity index (χ3n) is 1.98. The predicted octanol–water partition coefficient (Wildman–Crippen LogP) is 1.21. The first-order chi connectivity index (χ1) is 7.44. The number of aliphatic hydroxyl groups excluding tert-OH is 1. The average Bonchev–Trinajstić information content (AvgIpc) is 2.25. The topological polar surface area (TPSA) is 61.4 Å². The first-order valence-corrected chi connectivity index (χ1v) is 5.20. The van der Waals surface area contributed by atoms with Gasteiger partial charge in [0.25, 0.3) is 5.91 Å². The van der Waals surface area contributed by atoms with E-state index in [2.05, 4.69) is 10.9 Å². The van der Waals surface area contributed by atoms with Crippen molar-refractivity contribution in [2.45, 2.75) is 32.9 Å². The normalized spacial score (nSPS) is 11.2. The van der Waals surface area contributed by atoms with Gasteiger partial charge in [-0.3, -0.25) is 10.2 Å². The van der Waals surface area contributed by atoms with Gasteiger partial charge >= 0.3 is 0 Å². The van der Waals surface area contributed by atoms with Gasteiger partial charge in [0.05, 0.1) is 6.61 Å². The maximum Gasteiger partial charge on any atom is 0.265 e. The van der Waals surface area contributed by atoms with E-state index in [-0.39, 0.29) is 18.1 Å². The summed E-state index contributed by atoms with van der Waals surface area (Å²) in [7, 11) is 0. The number of hydrogen-bond acceptors (Lipinski definition) is 3. The Morgan fingerprint density at radius 3 is 2.50 bits per heavy atom. The fraction of sp³-hybridized carbons (Fsp3) is 0.417. The Balaban J connectivity index is 2.73. The Hall–Kier alpha value is -1.39. The molecule has 0 bridgehead atoms. The first kappa shape index (κ1) is 12.7. The minimum Gasteiger partial charge on any atom is -0.392 e. The van der Waals surface area contributed by atoms with Crippen molar-refractivity contribution in [1.29, 1.82) is 0 Å². The third-order valence-corrected chi connectivity index (χ3v) is 1.98. The summed E-state index contributed by atoms with van der Waals surface area (Å²) in [4.78, 5) is 11.8. The van der Waals surface area contributed by atoms with Crippen LogP contribution < -0.4 is 10.9 Å². The van der Waals surface area contributed by atoms with Gasteiger partial charge in [0.1, 0.15) is 0 Å². The van der Waals surface area contributed by atoms with Crippen LogP contribution in [0.15, 0.2) is 24.3 Å². The second-order valence-electron chi connectivity index (χ2n) is 4.64. The number of amides is 1. The molecule has 0 saturated carbocycles. The number of benzene rings is 1. The van der Waals surface area contributed by atoms with Crippen LogP contribution in [-0.4, -0.2) is 16.6 Å². The van der Waals surface area contributed by atoms with Gasteiger partial charge < -0.3 is 5.11 Å². The Morgan fingerprint density at radius 2 is 1.94 bits per heavy atom. The number of rotatable bonds is 3. The van der Waals surface area contributed by atoms with Gasteiger partial charge in [0.15, 0.2) is 0 Å². The van der Waals surface area contributed by atoms with E-state index >= 15 is 0 Å². The van der Waals surface area contributed by atoms with E-state index in [4.69, 9.17) is 5.11 Å². The Bertz CT molecular complexity index is 370. The van der Waals surface area contributed by atoms with Crippen LogP contribution in [0.25, 0.3) is 0 Å². The highest BCUT2D eigenvalue weighted by molar-refractivity contribution is 5.95. The molecule has 1 aromatic rings. The molecule has 4 heteroatoms. The maximum atomic E-state index is 11.8. The molecule has 3 N–H and O–H groups in total. The van der Waals surface area contributed by atoms with Gasteiger partial charge in [0, 0.05) is 11.1 Å². The summed E-state index contributed by atoms with van der Waals surface area (Å²) >= 11 is 0. The lowest BCUT2D eigenvalue weighted by Crippen LogP contribution is -2.48. The minimum atomic E-state index is -0.237. The van der Waals surface area contributed by atoms with Crippen LogP contribution in [0.1, 0.15) is 36.7 Å². The molecular weight excluding hydrogens is 204 g/mol. The van der Waals surface area contributed by atoms with Crippen molar-refractivity contribution in [3.05, 3.63) is 35.4 Å². The second kappa shape index (κ2) is 5.09. The van der Waals surface area contributed by atoms with Crippen LogP contribution in [0, 0.1) is 0 Å². The number of carbonyl (C=O) groups is 1. The zero-order chi connectivity index (χ0) is 12.2. The second-order valence-corrected chi connectivity index (χ2v) is 4.64. The van der Waals surface area contributed by atoms with Crippen LogP contribution in [0.4, 0.5) is 0 Å². The van der Waals surface area contributed by atoms with Crippen LogP contribution in [-0.2, 0) is 6.61 Å². The standard InChI is InChI=1S/C12H18N2O2/c1-12(2,3)14-13-11(16)10-7-5-4-6-9(10)8-15/h4-7,14-15H,8H2,1-3H3,(H,13,16). The Morgan fingerprint density at radius 1 is 1.31 bits per heavy atom. The van der Waals surface area contributed by atoms with Gasteiger partial charge in [0.2, 0.25) is 0 Å². The molecule has 1 rings (SSSR count). The fourth-order valence-corrected chi connectivity index (χ4v) is 1.19. The lowest BCUT2D eigenvalue weighted by molar-refractivity contribution is 0.0911. The van der Waals surface area contributed by atoms with E-state index in [1.807, 2.05) is 20.8 Å². The SMILES string of the molecule is CC(C)(C)NNC(=O)c1ccccc1CO. The monoisotopic (exact) mass is 222 g/mol. The summed E-state index contributed by atoms with van der Waals surface area (Å²) in [6.07, 6.45) is 0. The van der Waals surface area contributed by atoms with Gasteiger partial charge in [-0.2, -0.15) is 0 Å². The third kappa shape index (κ3) is 3.64. The molecule has 0 aliphatic rings. The highest BCUT2D eigenvalue weighted by atomic mass is 16.3. The first-order valence-electron chi connectivity index (χ1n) is 5.20. The molecule has 0 saturated heterocycles. The zero-order valence-corrected chi connectivity index (χ0v) is 9.87. The molecule has 0 unspecified atom stereocenters. The molecule has 0 aliphatic carbocycles. The molecule has 1 aromatic carbocycles. The van der Waals surface area contributed by atoms with Gasteiger partial charge in [-0.15, -0.1) is 0 Å². The summed E-state index contributed by atoms with van der Waals surface area (Å²) in [6, 6.07) is 6.97. The number of aliphatic hydroxyl groups is 1. The lowest BCUT2D eigenvalue weighted by atomic mass is 10.1. The van der Waals surface area contributed by atoms with E-state index in [0.29, 0.717) is 11.1 Å². The van der Waals surface area contributed by atoms with Gasteiger partial charge in [-0.25, -0.2) is 5.43 Å². The number of carbonyl (C=O) groups excluding carboxylic acids is 1. The summed E-state index contributed by atoms with van der Waals surface area (Å²) < 4.78 is 0. The molecule has 0 atom stereocenters. The minimum absolute atomic E-state index is 0.140. The van der Waals surface area contributed by atoms with Crippen molar-refractivity contribution in [2.24, 2.45) is 0 Å². The zero-order valence-electron chi connectivity index (χ0n) is 9.87.